The fourth-order valence-corrected chi connectivity index (χ4v) is 1.46. The van der Waals surface area contributed by atoms with Gasteiger partial charge in [0.2, 0.25) is 11.8 Å². The molecule has 0 unspecified atom stereocenters. The van der Waals surface area contributed by atoms with Gasteiger partial charge in [-0.3, -0.25) is 9.59 Å². The molecule has 0 saturated heterocycles. The van der Waals surface area contributed by atoms with Crippen molar-refractivity contribution in [1.29, 1.82) is 0 Å². The van der Waals surface area contributed by atoms with Crippen molar-refractivity contribution in [3.8, 4) is 0 Å². The van der Waals surface area contributed by atoms with Gasteiger partial charge in [-0.25, -0.2) is 0 Å². The largest absolute Gasteiger partial charge is 0.366 e. The lowest BCUT2D eigenvalue weighted by Crippen LogP contribution is -2.25. The van der Waals surface area contributed by atoms with E-state index in [9.17, 15) is 9.59 Å². The van der Waals surface area contributed by atoms with Gasteiger partial charge in [0, 0.05) is 18.5 Å². The van der Waals surface area contributed by atoms with Crippen LogP contribution in [-0.4, -0.2) is 18.4 Å². The third-order valence-electron chi connectivity index (χ3n) is 2.37. The Balaban J connectivity index is 2.57. The maximum atomic E-state index is 11.4. The molecule has 92 valence electrons. The predicted molar refractivity (Wildman–Crippen MR) is 65.1 cm³/mol. The first-order valence-electron chi connectivity index (χ1n) is 5.49. The molecule has 0 spiro atoms. The van der Waals surface area contributed by atoms with E-state index in [1.807, 2.05) is 0 Å². The molecule has 17 heavy (non-hydrogen) atoms. The van der Waals surface area contributed by atoms with Gasteiger partial charge in [0.25, 0.3) is 0 Å². The fourth-order valence-electron chi connectivity index (χ4n) is 1.46. The Morgan fingerprint density at radius 1 is 1.24 bits per heavy atom. The van der Waals surface area contributed by atoms with Crippen LogP contribution in [0.25, 0.3) is 0 Å². The third kappa shape index (κ3) is 4.24. The normalized spacial score (nSPS) is 9.94. The van der Waals surface area contributed by atoms with Crippen LogP contribution in [-0.2, 0) is 11.3 Å². The van der Waals surface area contributed by atoms with E-state index >= 15 is 0 Å². The summed E-state index contributed by atoms with van der Waals surface area (Å²) in [4.78, 5) is 22.5. The van der Waals surface area contributed by atoms with Gasteiger partial charge in [-0.05, 0) is 24.6 Å². The first-order chi connectivity index (χ1) is 8.15. The Kier molecular flexibility index (Phi) is 5.16. The summed E-state index contributed by atoms with van der Waals surface area (Å²) in [7, 11) is 0. The highest BCUT2D eigenvalue weighted by Crippen LogP contribution is 2.07. The van der Waals surface area contributed by atoms with Gasteiger partial charge in [0.15, 0.2) is 0 Å². The summed E-state index contributed by atoms with van der Waals surface area (Å²) in [6.45, 7) is 0.799. The second-order valence-corrected chi connectivity index (χ2v) is 3.69. The van der Waals surface area contributed by atoms with Crippen LogP contribution in [0.5, 0.6) is 0 Å². The van der Waals surface area contributed by atoms with Gasteiger partial charge in [-0.15, -0.1) is 0 Å². The first kappa shape index (κ1) is 13.2. The lowest BCUT2D eigenvalue weighted by Gasteiger charge is -2.08. The summed E-state index contributed by atoms with van der Waals surface area (Å²) in [5.74, 6) is -0.563. The molecular weight excluding hydrogens is 218 g/mol. The van der Waals surface area contributed by atoms with E-state index < -0.39 is 5.91 Å². The van der Waals surface area contributed by atoms with Crippen molar-refractivity contribution < 1.29 is 9.59 Å². The quantitative estimate of drug-likeness (QED) is 0.654. The molecule has 1 aromatic rings. The van der Waals surface area contributed by atoms with Crippen molar-refractivity contribution >= 4 is 11.8 Å². The van der Waals surface area contributed by atoms with Gasteiger partial charge in [-0.1, -0.05) is 18.2 Å². The molecule has 0 saturated carbocycles. The van der Waals surface area contributed by atoms with E-state index in [1.165, 1.54) is 0 Å². The van der Waals surface area contributed by atoms with Crippen molar-refractivity contribution in [2.24, 2.45) is 11.5 Å². The monoisotopic (exact) mass is 235 g/mol. The number of nitrogens with one attached hydrogen (secondary N) is 1. The lowest BCUT2D eigenvalue weighted by atomic mass is 10.1. The third-order valence-corrected chi connectivity index (χ3v) is 2.37. The standard InChI is InChI=1S/C12H17N3O2/c13-7-3-6-11(16)15-8-9-4-1-2-5-10(9)12(14)17/h1-2,4-5H,3,6-8,13H2,(H2,14,17)(H,15,16). The van der Waals surface area contributed by atoms with Gasteiger partial charge >= 0.3 is 0 Å². The summed E-state index contributed by atoms with van der Waals surface area (Å²) in [6.07, 6.45) is 1.05. The summed E-state index contributed by atoms with van der Waals surface area (Å²) in [6, 6.07) is 6.95. The molecule has 5 nitrogen and oxygen atoms in total. The van der Waals surface area contributed by atoms with Crippen molar-refractivity contribution in [2.45, 2.75) is 19.4 Å². The number of carbonyl (C=O) groups is 2. The number of rotatable bonds is 6. The molecule has 0 heterocycles. The molecule has 0 atom stereocenters. The second kappa shape index (κ2) is 6.65. The Hall–Kier alpha value is -1.88. The molecule has 1 rings (SSSR count). The van der Waals surface area contributed by atoms with Crippen LogP contribution in [0.3, 0.4) is 0 Å². The maximum Gasteiger partial charge on any atom is 0.249 e. The van der Waals surface area contributed by atoms with Crippen molar-refractivity contribution in [1.82, 2.24) is 5.32 Å². The lowest BCUT2D eigenvalue weighted by molar-refractivity contribution is -0.121. The zero-order valence-corrected chi connectivity index (χ0v) is 9.61. The van der Waals surface area contributed by atoms with E-state index in [2.05, 4.69) is 5.32 Å². The molecular formula is C12H17N3O2. The van der Waals surface area contributed by atoms with Crippen LogP contribution in [0.2, 0.25) is 0 Å². The van der Waals surface area contributed by atoms with Crippen molar-refractivity contribution in [3.05, 3.63) is 35.4 Å². The van der Waals surface area contributed by atoms with E-state index in [4.69, 9.17) is 11.5 Å². The van der Waals surface area contributed by atoms with Crippen molar-refractivity contribution in [3.63, 3.8) is 0 Å². The Morgan fingerprint density at radius 2 is 1.94 bits per heavy atom. The second-order valence-electron chi connectivity index (χ2n) is 3.69. The Bertz CT molecular complexity index is 404. The van der Waals surface area contributed by atoms with Gasteiger partial charge in [0.05, 0.1) is 0 Å². The van der Waals surface area contributed by atoms with Crippen LogP contribution in [0, 0.1) is 0 Å². The average Bonchev–Trinajstić information content (AvgIpc) is 2.34. The Labute approximate surface area is 100 Å². The van der Waals surface area contributed by atoms with Crippen LogP contribution in [0.15, 0.2) is 24.3 Å². The smallest absolute Gasteiger partial charge is 0.249 e. The van der Waals surface area contributed by atoms with E-state index in [-0.39, 0.29) is 5.91 Å². The van der Waals surface area contributed by atoms with Crippen molar-refractivity contribution in [2.75, 3.05) is 6.54 Å². The van der Waals surface area contributed by atoms with Crippen LogP contribution in [0.4, 0.5) is 0 Å². The molecule has 5 N–H and O–H groups in total. The molecule has 1 aromatic carbocycles. The summed E-state index contributed by atoms with van der Waals surface area (Å²) in [5, 5.41) is 2.73. The molecule has 0 aliphatic heterocycles. The Morgan fingerprint density at radius 3 is 2.59 bits per heavy atom. The predicted octanol–water partition coefficient (Wildman–Crippen LogP) is 0.141. The minimum Gasteiger partial charge on any atom is -0.366 e. The van der Waals surface area contributed by atoms with Crippen LogP contribution >= 0.6 is 0 Å². The summed E-state index contributed by atoms with van der Waals surface area (Å²) in [5.41, 5.74) is 11.7. The molecule has 5 heteroatoms. The molecule has 0 fully saturated rings. The van der Waals surface area contributed by atoms with Crippen LogP contribution in [0.1, 0.15) is 28.8 Å². The SMILES string of the molecule is NCCCC(=O)NCc1ccccc1C(N)=O. The minimum absolute atomic E-state index is 0.0743. The molecule has 2 amide bonds. The van der Waals surface area contributed by atoms with E-state index in [0.29, 0.717) is 31.5 Å². The number of primary amides is 1. The summed E-state index contributed by atoms with van der Waals surface area (Å²) >= 11 is 0. The number of hydrogen-bond donors (Lipinski definition) is 3. The number of nitrogens with two attached hydrogens (primary N) is 2. The number of benzene rings is 1. The van der Waals surface area contributed by atoms with Gasteiger partial charge in [0.1, 0.15) is 0 Å². The minimum atomic E-state index is -0.489. The number of amides is 2. The molecule has 0 aliphatic carbocycles. The van der Waals surface area contributed by atoms with Gasteiger partial charge < -0.3 is 16.8 Å². The first-order valence-corrected chi connectivity index (χ1v) is 5.49. The highest BCUT2D eigenvalue weighted by atomic mass is 16.2. The van der Waals surface area contributed by atoms with E-state index in [0.717, 1.165) is 5.56 Å². The average molecular weight is 235 g/mol. The zero-order valence-electron chi connectivity index (χ0n) is 9.61. The van der Waals surface area contributed by atoms with Gasteiger partial charge in [-0.2, -0.15) is 0 Å². The molecule has 0 radical (unpaired) electrons. The number of carbonyl (C=O) groups excluding carboxylic acids is 2. The summed E-state index contributed by atoms with van der Waals surface area (Å²) < 4.78 is 0. The fraction of sp³-hybridized carbons (Fsp3) is 0.333. The maximum absolute atomic E-state index is 11.4. The van der Waals surface area contributed by atoms with E-state index in [1.54, 1.807) is 24.3 Å². The topological polar surface area (TPSA) is 98.2 Å². The molecule has 0 aromatic heterocycles. The highest BCUT2D eigenvalue weighted by Gasteiger charge is 2.07. The zero-order chi connectivity index (χ0) is 12.7. The molecule has 0 aliphatic rings. The molecule has 0 bridgehead atoms. The highest BCUT2D eigenvalue weighted by molar-refractivity contribution is 5.94. The van der Waals surface area contributed by atoms with Crippen LogP contribution < -0.4 is 16.8 Å². The number of hydrogen-bond acceptors (Lipinski definition) is 3.